The van der Waals surface area contributed by atoms with E-state index in [9.17, 15) is 18.4 Å². The van der Waals surface area contributed by atoms with Crippen molar-refractivity contribution in [3.8, 4) is 0 Å². The molecule has 0 saturated heterocycles. The van der Waals surface area contributed by atoms with E-state index in [0.717, 1.165) is 4.47 Å². The van der Waals surface area contributed by atoms with E-state index < -0.39 is 29.6 Å². The molecule has 2 aromatic carbocycles. The number of methoxy groups -OCH3 is 1. The first-order valence-electron chi connectivity index (χ1n) is 6.62. The average Bonchev–Trinajstić information content (AvgIpc) is 2.56. The van der Waals surface area contributed by atoms with Gasteiger partial charge >= 0.3 is 5.97 Å². The lowest BCUT2D eigenvalue weighted by atomic mass is 10.1. The molecule has 0 heterocycles. The molecular formula is C16H11BrClF2NO3. The van der Waals surface area contributed by atoms with Gasteiger partial charge in [0, 0.05) is 4.47 Å². The lowest BCUT2D eigenvalue weighted by Crippen LogP contribution is -2.34. The summed E-state index contributed by atoms with van der Waals surface area (Å²) in [6.07, 6.45) is 0. The molecule has 24 heavy (non-hydrogen) atoms. The van der Waals surface area contributed by atoms with Crippen molar-refractivity contribution in [2.24, 2.45) is 0 Å². The number of ether oxygens (including phenoxy) is 1. The summed E-state index contributed by atoms with van der Waals surface area (Å²) in [6, 6.07) is 6.82. The number of carbonyl (C=O) groups is 2. The molecule has 2 aromatic rings. The van der Waals surface area contributed by atoms with Gasteiger partial charge in [0.15, 0.2) is 17.7 Å². The summed E-state index contributed by atoms with van der Waals surface area (Å²) >= 11 is 9.03. The molecule has 0 bridgehead atoms. The molecule has 8 heteroatoms. The van der Waals surface area contributed by atoms with Crippen molar-refractivity contribution in [1.82, 2.24) is 5.32 Å². The van der Waals surface area contributed by atoms with Crippen LogP contribution in [-0.4, -0.2) is 19.0 Å². The van der Waals surface area contributed by atoms with Gasteiger partial charge in [-0.1, -0.05) is 39.7 Å². The zero-order valence-corrected chi connectivity index (χ0v) is 14.6. The minimum absolute atomic E-state index is 0.272. The van der Waals surface area contributed by atoms with Gasteiger partial charge in [0.2, 0.25) is 0 Å². The van der Waals surface area contributed by atoms with Gasteiger partial charge in [-0.3, -0.25) is 4.79 Å². The molecule has 126 valence electrons. The monoisotopic (exact) mass is 417 g/mol. The molecule has 0 aromatic heterocycles. The fourth-order valence-electron chi connectivity index (χ4n) is 1.96. The van der Waals surface area contributed by atoms with Crippen molar-refractivity contribution < 1.29 is 23.1 Å². The molecule has 1 atom stereocenters. The van der Waals surface area contributed by atoms with Gasteiger partial charge in [0.05, 0.1) is 17.7 Å². The Balaban J connectivity index is 2.33. The molecule has 1 N–H and O–H groups in total. The predicted molar refractivity (Wildman–Crippen MR) is 87.7 cm³/mol. The fraction of sp³-hybridized carbons (Fsp3) is 0.125. The summed E-state index contributed by atoms with van der Waals surface area (Å²) in [5, 5.41) is 2.13. The van der Waals surface area contributed by atoms with Crippen molar-refractivity contribution in [3.63, 3.8) is 0 Å². The molecular weight excluding hydrogens is 408 g/mol. The van der Waals surface area contributed by atoms with E-state index in [0.29, 0.717) is 17.7 Å². The molecule has 0 saturated carbocycles. The van der Waals surface area contributed by atoms with Gasteiger partial charge in [-0.15, -0.1) is 0 Å². The van der Waals surface area contributed by atoms with Gasteiger partial charge in [0.1, 0.15) is 0 Å². The molecule has 4 nitrogen and oxygen atoms in total. The highest BCUT2D eigenvalue weighted by Crippen LogP contribution is 2.23. The maximum absolute atomic E-state index is 13.3. The third-order valence-corrected chi connectivity index (χ3v) is 4.01. The Bertz CT molecular complexity index is 784. The van der Waals surface area contributed by atoms with Crippen LogP contribution in [0.4, 0.5) is 8.78 Å². The quantitative estimate of drug-likeness (QED) is 0.603. The second-order valence-corrected chi connectivity index (χ2v) is 6.05. The number of rotatable bonds is 4. The average molecular weight is 419 g/mol. The molecule has 0 fully saturated rings. The number of nitrogens with one attached hydrogen (secondary N) is 1. The molecule has 2 rings (SSSR count). The van der Waals surface area contributed by atoms with Crippen molar-refractivity contribution in [3.05, 3.63) is 68.7 Å². The minimum Gasteiger partial charge on any atom is -0.467 e. The number of amides is 1. The summed E-state index contributed by atoms with van der Waals surface area (Å²) in [5.74, 6) is -3.95. The van der Waals surface area contributed by atoms with Crippen molar-refractivity contribution >= 4 is 39.4 Å². The summed E-state index contributed by atoms with van der Waals surface area (Å²) in [6.45, 7) is 0. The molecule has 0 aliphatic carbocycles. The maximum atomic E-state index is 13.3. The van der Waals surface area contributed by atoms with Gasteiger partial charge in [-0.2, -0.15) is 0 Å². The summed E-state index contributed by atoms with van der Waals surface area (Å²) in [7, 11) is 1.17. The highest BCUT2D eigenvalue weighted by molar-refractivity contribution is 9.10. The highest BCUT2D eigenvalue weighted by atomic mass is 79.9. The number of halogens is 4. The Morgan fingerprint density at radius 1 is 1.17 bits per heavy atom. The third kappa shape index (κ3) is 4.10. The second-order valence-electron chi connectivity index (χ2n) is 4.73. The first-order valence-corrected chi connectivity index (χ1v) is 7.79. The molecule has 1 unspecified atom stereocenters. The van der Waals surface area contributed by atoms with Gasteiger partial charge < -0.3 is 10.1 Å². The molecule has 0 radical (unpaired) electrons. The van der Waals surface area contributed by atoms with Gasteiger partial charge in [-0.05, 0) is 29.8 Å². The number of hydrogen-bond donors (Lipinski definition) is 1. The summed E-state index contributed by atoms with van der Waals surface area (Å²) < 4.78 is 31.9. The summed E-state index contributed by atoms with van der Waals surface area (Å²) in [5.41, 5.74) is 0.165. The Morgan fingerprint density at radius 3 is 2.33 bits per heavy atom. The molecule has 0 spiro atoms. The van der Waals surface area contributed by atoms with Crippen molar-refractivity contribution in [2.75, 3.05) is 7.11 Å². The number of esters is 1. The minimum atomic E-state index is -1.22. The predicted octanol–water partition coefficient (Wildman–Crippen LogP) is 4.02. The Labute approximate surface area is 149 Å². The lowest BCUT2D eigenvalue weighted by molar-refractivity contribution is -0.143. The SMILES string of the molecule is COC(=O)C(NC(=O)c1cc(F)c(F)cc1Cl)c1ccc(Br)cc1. The Kier molecular flexibility index (Phi) is 5.90. The molecule has 1 amide bonds. The Hall–Kier alpha value is -1.99. The van der Waals surface area contributed by atoms with Crippen LogP contribution in [0.25, 0.3) is 0 Å². The van der Waals surface area contributed by atoms with Gasteiger partial charge in [0.25, 0.3) is 5.91 Å². The first kappa shape index (κ1) is 18.4. The standard InChI is InChI=1S/C16H11BrClF2NO3/c1-24-16(23)14(8-2-4-9(17)5-3-8)21-15(22)10-6-12(19)13(20)7-11(10)18/h2-7,14H,1H3,(H,21,22). The number of benzene rings is 2. The zero-order valence-electron chi connectivity index (χ0n) is 12.3. The first-order chi connectivity index (χ1) is 11.3. The van der Waals surface area contributed by atoms with Crippen LogP contribution in [0.15, 0.2) is 40.9 Å². The van der Waals surface area contributed by atoms with Crippen molar-refractivity contribution in [1.29, 1.82) is 0 Å². The third-order valence-electron chi connectivity index (χ3n) is 3.17. The normalized spacial score (nSPS) is 11.7. The number of hydrogen-bond acceptors (Lipinski definition) is 3. The van der Waals surface area contributed by atoms with Crippen molar-refractivity contribution in [2.45, 2.75) is 6.04 Å². The largest absolute Gasteiger partial charge is 0.467 e. The maximum Gasteiger partial charge on any atom is 0.333 e. The Morgan fingerprint density at radius 2 is 1.75 bits per heavy atom. The van der Waals surface area contributed by atoms with E-state index in [-0.39, 0.29) is 10.6 Å². The van der Waals surface area contributed by atoms with Crippen LogP contribution >= 0.6 is 27.5 Å². The van der Waals surface area contributed by atoms with E-state index in [1.54, 1.807) is 24.3 Å². The van der Waals surface area contributed by atoms with Crippen LogP contribution in [0.1, 0.15) is 22.0 Å². The van der Waals surface area contributed by atoms with Gasteiger partial charge in [-0.25, -0.2) is 13.6 Å². The topological polar surface area (TPSA) is 55.4 Å². The van der Waals surface area contributed by atoms with E-state index in [4.69, 9.17) is 11.6 Å². The van der Waals surface area contributed by atoms with Crippen LogP contribution < -0.4 is 5.32 Å². The summed E-state index contributed by atoms with van der Waals surface area (Å²) in [4.78, 5) is 24.3. The van der Waals surface area contributed by atoms with E-state index in [1.807, 2.05) is 0 Å². The van der Waals surface area contributed by atoms with E-state index in [2.05, 4.69) is 26.0 Å². The number of carbonyl (C=O) groups excluding carboxylic acids is 2. The van der Waals surface area contributed by atoms with E-state index >= 15 is 0 Å². The smallest absolute Gasteiger partial charge is 0.333 e. The highest BCUT2D eigenvalue weighted by Gasteiger charge is 2.25. The van der Waals surface area contributed by atoms with E-state index in [1.165, 1.54) is 7.11 Å². The van der Waals surface area contributed by atoms with Crippen LogP contribution in [0.5, 0.6) is 0 Å². The van der Waals surface area contributed by atoms with Crippen LogP contribution in [0, 0.1) is 11.6 Å². The lowest BCUT2D eigenvalue weighted by Gasteiger charge is -2.17. The second kappa shape index (κ2) is 7.72. The molecule has 0 aliphatic heterocycles. The molecule has 0 aliphatic rings. The zero-order chi connectivity index (χ0) is 17.9. The fourth-order valence-corrected chi connectivity index (χ4v) is 2.46. The van der Waals surface area contributed by atoms with Crippen LogP contribution in [0.3, 0.4) is 0 Å². The van der Waals surface area contributed by atoms with Crippen LogP contribution in [0.2, 0.25) is 5.02 Å². The van der Waals surface area contributed by atoms with Crippen LogP contribution in [-0.2, 0) is 9.53 Å².